The molecule has 1 atom stereocenters. The van der Waals surface area contributed by atoms with Crippen LogP contribution < -0.4 is 5.32 Å². The van der Waals surface area contributed by atoms with E-state index in [1.807, 2.05) is 47.8 Å². The van der Waals surface area contributed by atoms with Gasteiger partial charge in [-0.1, -0.05) is 36.4 Å². The van der Waals surface area contributed by atoms with Gasteiger partial charge in [0.2, 0.25) is 17.7 Å². The lowest BCUT2D eigenvalue weighted by atomic mass is 10.1. The zero-order valence-electron chi connectivity index (χ0n) is 12.0. The maximum atomic E-state index is 12.3. The Kier molecular flexibility index (Phi) is 4.29. The number of amides is 1. The van der Waals surface area contributed by atoms with Gasteiger partial charge in [0.15, 0.2) is 0 Å². The predicted octanol–water partition coefficient (Wildman–Crippen LogP) is 2.89. The number of aromatic nitrogens is 2. The van der Waals surface area contributed by atoms with Crippen molar-refractivity contribution in [1.82, 2.24) is 15.5 Å². The Labute approximate surface area is 132 Å². The van der Waals surface area contributed by atoms with Crippen LogP contribution >= 0.6 is 11.3 Å². The van der Waals surface area contributed by atoms with Crippen LogP contribution in [0.15, 0.2) is 52.3 Å². The molecule has 3 rings (SSSR count). The molecule has 112 valence electrons. The largest absolute Gasteiger partial charge is 0.423 e. The second kappa shape index (κ2) is 6.53. The summed E-state index contributed by atoms with van der Waals surface area (Å²) in [5.74, 6) is 0.791. The average Bonchev–Trinajstić information content (AvgIpc) is 3.17. The molecule has 0 aliphatic heterocycles. The van der Waals surface area contributed by atoms with Crippen LogP contribution in [0.5, 0.6) is 0 Å². The maximum Gasteiger partial charge on any atom is 0.243 e. The number of carbonyl (C=O) groups is 1. The Hall–Kier alpha value is -2.47. The van der Waals surface area contributed by atoms with Crippen LogP contribution in [0.25, 0.3) is 0 Å². The summed E-state index contributed by atoms with van der Waals surface area (Å²) < 4.78 is 5.50. The summed E-state index contributed by atoms with van der Waals surface area (Å²) in [6.45, 7) is 1.73. The van der Waals surface area contributed by atoms with Crippen molar-refractivity contribution >= 4 is 17.2 Å². The first-order valence-corrected chi connectivity index (χ1v) is 7.77. The summed E-state index contributed by atoms with van der Waals surface area (Å²) in [4.78, 5) is 13.3. The second-order valence-electron chi connectivity index (χ2n) is 4.83. The first kappa shape index (κ1) is 14.5. The average molecular weight is 313 g/mol. The third-order valence-electron chi connectivity index (χ3n) is 3.14. The number of benzene rings is 1. The van der Waals surface area contributed by atoms with Crippen LogP contribution in [0.3, 0.4) is 0 Å². The van der Waals surface area contributed by atoms with Gasteiger partial charge in [0.05, 0.1) is 6.42 Å². The minimum atomic E-state index is -0.435. The van der Waals surface area contributed by atoms with Gasteiger partial charge in [0.1, 0.15) is 6.04 Å². The normalized spacial score (nSPS) is 12.0. The maximum absolute atomic E-state index is 12.3. The van der Waals surface area contributed by atoms with E-state index in [4.69, 9.17) is 4.42 Å². The lowest BCUT2D eigenvalue weighted by Crippen LogP contribution is -2.30. The van der Waals surface area contributed by atoms with Crippen molar-refractivity contribution in [2.75, 3.05) is 0 Å². The zero-order valence-corrected chi connectivity index (χ0v) is 12.8. The molecule has 0 spiro atoms. The number of thiophene rings is 1. The fraction of sp³-hybridized carbons (Fsp3) is 0.188. The van der Waals surface area contributed by atoms with Gasteiger partial charge in [-0.2, -0.15) is 0 Å². The topological polar surface area (TPSA) is 68.0 Å². The van der Waals surface area contributed by atoms with Crippen molar-refractivity contribution < 1.29 is 9.21 Å². The van der Waals surface area contributed by atoms with E-state index < -0.39 is 6.04 Å². The molecule has 0 saturated carbocycles. The molecular formula is C16H15N3O2S. The van der Waals surface area contributed by atoms with Gasteiger partial charge in [-0.15, -0.1) is 21.5 Å². The highest BCUT2D eigenvalue weighted by molar-refractivity contribution is 7.10. The Morgan fingerprint density at radius 3 is 2.68 bits per heavy atom. The molecule has 1 aromatic carbocycles. The van der Waals surface area contributed by atoms with Gasteiger partial charge < -0.3 is 9.73 Å². The van der Waals surface area contributed by atoms with Crippen LogP contribution in [0.2, 0.25) is 0 Å². The molecule has 0 aliphatic rings. The fourth-order valence-corrected chi connectivity index (χ4v) is 2.85. The van der Waals surface area contributed by atoms with Gasteiger partial charge in [-0.25, -0.2) is 0 Å². The van der Waals surface area contributed by atoms with Crippen molar-refractivity contribution in [2.24, 2.45) is 0 Å². The second-order valence-corrected chi connectivity index (χ2v) is 5.86. The van der Waals surface area contributed by atoms with Gasteiger partial charge in [0, 0.05) is 11.8 Å². The smallest absolute Gasteiger partial charge is 0.243 e. The van der Waals surface area contributed by atoms with Crippen LogP contribution in [0, 0.1) is 6.92 Å². The Morgan fingerprint density at radius 1 is 1.23 bits per heavy atom. The molecule has 2 aromatic heterocycles. The number of aryl methyl sites for hydroxylation is 1. The minimum Gasteiger partial charge on any atom is -0.423 e. The number of hydrogen-bond acceptors (Lipinski definition) is 5. The molecule has 6 heteroatoms. The summed E-state index contributed by atoms with van der Waals surface area (Å²) >= 11 is 1.56. The summed E-state index contributed by atoms with van der Waals surface area (Å²) in [5.41, 5.74) is 0.908. The lowest BCUT2D eigenvalue weighted by Gasteiger charge is -2.15. The number of nitrogens with one attached hydrogen (secondary N) is 1. The summed E-state index contributed by atoms with van der Waals surface area (Å²) in [6, 6.07) is 13.0. The summed E-state index contributed by atoms with van der Waals surface area (Å²) in [5, 5.41) is 12.8. The van der Waals surface area contributed by atoms with E-state index in [2.05, 4.69) is 15.5 Å². The highest BCUT2D eigenvalue weighted by Gasteiger charge is 2.22. The number of rotatable bonds is 5. The lowest BCUT2D eigenvalue weighted by molar-refractivity contribution is -0.121. The highest BCUT2D eigenvalue weighted by Crippen LogP contribution is 2.21. The molecule has 0 bridgehead atoms. The zero-order chi connectivity index (χ0) is 15.4. The van der Waals surface area contributed by atoms with Gasteiger partial charge >= 0.3 is 0 Å². The first-order valence-electron chi connectivity index (χ1n) is 6.89. The van der Waals surface area contributed by atoms with E-state index in [1.165, 1.54) is 0 Å². The summed E-state index contributed by atoms with van der Waals surface area (Å²) in [7, 11) is 0. The molecule has 1 amide bonds. The van der Waals surface area contributed by atoms with Crippen molar-refractivity contribution in [3.8, 4) is 0 Å². The van der Waals surface area contributed by atoms with E-state index >= 15 is 0 Å². The molecular weight excluding hydrogens is 298 g/mol. The molecule has 2 heterocycles. The quantitative estimate of drug-likeness (QED) is 0.786. The SMILES string of the molecule is Cc1nnc(C(NC(=O)Cc2cccs2)c2ccccc2)o1. The van der Waals surface area contributed by atoms with Crippen molar-refractivity contribution in [1.29, 1.82) is 0 Å². The first-order chi connectivity index (χ1) is 10.7. The Bertz CT molecular complexity index is 738. The van der Waals surface area contributed by atoms with E-state index in [-0.39, 0.29) is 5.91 Å². The van der Waals surface area contributed by atoms with Crippen molar-refractivity contribution in [2.45, 2.75) is 19.4 Å². The molecule has 5 nitrogen and oxygen atoms in total. The number of nitrogens with zero attached hydrogens (tertiary/aromatic N) is 2. The summed E-state index contributed by atoms with van der Waals surface area (Å²) in [6.07, 6.45) is 0.341. The Balaban J connectivity index is 1.81. The molecule has 0 radical (unpaired) electrons. The molecule has 0 saturated heterocycles. The number of hydrogen-bond donors (Lipinski definition) is 1. The van der Waals surface area contributed by atoms with Crippen molar-refractivity contribution in [3.63, 3.8) is 0 Å². The van der Waals surface area contributed by atoms with E-state index in [1.54, 1.807) is 18.3 Å². The highest BCUT2D eigenvalue weighted by atomic mass is 32.1. The van der Waals surface area contributed by atoms with Crippen molar-refractivity contribution in [3.05, 3.63) is 70.1 Å². The molecule has 1 N–H and O–H groups in total. The minimum absolute atomic E-state index is 0.0767. The molecule has 0 aliphatic carbocycles. The van der Waals surface area contributed by atoms with Crippen LogP contribution in [-0.2, 0) is 11.2 Å². The van der Waals surface area contributed by atoms with E-state index in [0.29, 0.717) is 18.2 Å². The molecule has 3 aromatic rings. The van der Waals surface area contributed by atoms with Gasteiger partial charge in [0.25, 0.3) is 0 Å². The monoisotopic (exact) mass is 313 g/mol. The van der Waals surface area contributed by atoms with Gasteiger partial charge in [-0.05, 0) is 17.0 Å². The molecule has 1 unspecified atom stereocenters. The third-order valence-corrected chi connectivity index (χ3v) is 4.02. The molecule has 22 heavy (non-hydrogen) atoms. The molecule has 0 fully saturated rings. The van der Waals surface area contributed by atoms with Crippen LogP contribution in [0.1, 0.15) is 28.3 Å². The van der Waals surface area contributed by atoms with E-state index in [9.17, 15) is 4.79 Å². The predicted molar refractivity (Wildman–Crippen MR) is 83.5 cm³/mol. The standard InChI is InChI=1S/C16H15N3O2S/c1-11-18-19-16(21-11)15(12-6-3-2-4-7-12)17-14(20)10-13-8-5-9-22-13/h2-9,15H,10H2,1H3,(H,17,20). The van der Waals surface area contributed by atoms with Gasteiger partial charge in [-0.3, -0.25) is 4.79 Å². The Morgan fingerprint density at radius 2 is 2.05 bits per heavy atom. The third kappa shape index (κ3) is 3.40. The van der Waals surface area contributed by atoms with Crippen LogP contribution in [-0.4, -0.2) is 16.1 Å². The number of carbonyl (C=O) groups excluding carboxylic acids is 1. The fourth-order valence-electron chi connectivity index (χ4n) is 2.15. The van der Waals surface area contributed by atoms with Crippen LogP contribution in [0.4, 0.5) is 0 Å². The van der Waals surface area contributed by atoms with E-state index in [0.717, 1.165) is 10.4 Å².